The predicted molar refractivity (Wildman–Crippen MR) is 129 cm³/mol. The number of nitrogens with one attached hydrogen (secondary N) is 2. The molecule has 3 aromatic heterocycles. The van der Waals surface area contributed by atoms with Gasteiger partial charge in [-0.2, -0.15) is 0 Å². The summed E-state index contributed by atoms with van der Waals surface area (Å²) in [5, 5.41) is 16.9. The molecule has 0 bridgehead atoms. The third-order valence-corrected chi connectivity index (χ3v) is 5.55. The number of benzene rings is 2. The number of aromatic amines is 1. The van der Waals surface area contributed by atoms with Crippen molar-refractivity contribution in [2.75, 3.05) is 11.9 Å². The lowest BCUT2D eigenvalue weighted by atomic mass is 10.1. The number of rotatable bonds is 7. The maximum Gasteiger partial charge on any atom is 0.278 e. The third kappa shape index (κ3) is 4.93. The minimum atomic E-state index is -0.580. The molecule has 5 rings (SSSR count). The standard InChI is InChI=1S/C24H20ClFN6O3/c1-2-17(33)12-35-22-6-5-21-27-20(11-32(21)31-22)23(34)30-24-28-18-4-3-13(9-19(18)29-24)14-7-15(25)10-16(26)8-14/h3-11,17,33H,2,12H2,1H3,(H2,28,29,30,34). The zero-order chi connectivity index (χ0) is 24.5. The zero-order valence-electron chi connectivity index (χ0n) is 18.5. The summed E-state index contributed by atoms with van der Waals surface area (Å²) < 4.78 is 20.6. The van der Waals surface area contributed by atoms with E-state index in [-0.39, 0.29) is 18.2 Å². The van der Waals surface area contributed by atoms with E-state index in [4.69, 9.17) is 16.3 Å². The SMILES string of the molecule is CCC(O)COc1ccc2nc(C(=O)Nc3nc4ccc(-c5cc(F)cc(Cl)c5)cc4[nH]3)cn2n1. The van der Waals surface area contributed by atoms with Crippen molar-refractivity contribution in [1.82, 2.24) is 24.6 Å². The Kier molecular flexibility index (Phi) is 6.06. The second-order valence-corrected chi connectivity index (χ2v) is 8.34. The van der Waals surface area contributed by atoms with Crippen LogP contribution in [0.2, 0.25) is 5.02 Å². The predicted octanol–water partition coefficient (Wildman–Crippen LogP) is 4.47. The van der Waals surface area contributed by atoms with E-state index in [0.29, 0.717) is 39.6 Å². The molecule has 0 aliphatic carbocycles. The van der Waals surface area contributed by atoms with Crippen molar-refractivity contribution in [2.24, 2.45) is 0 Å². The number of hydrogen-bond donors (Lipinski definition) is 3. The van der Waals surface area contributed by atoms with Crippen molar-refractivity contribution >= 4 is 40.1 Å². The summed E-state index contributed by atoms with van der Waals surface area (Å²) in [5.41, 5.74) is 3.25. The van der Waals surface area contributed by atoms with Gasteiger partial charge in [-0.15, -0.1) is 5.10 Å². The van der Waals surface area contributed by atoms with E-state index < -0.39 is 17.8 Å². The van der Waals surface area contributed by atoms with E-state index in [1.807, 2.05) is 6.92 Å². The van der Waals surface area contributed by atoms with Gasteiger partial charge in [-0.25, -0.2) is 18.9 Å². The Morgan fingerprint density at radius 3 is 2.86 bits per heavy atom. The van der Waals surface area contributed by atoms with Crippen LogP contribution in [0.1, 0.15) is 23.8 Å². The monoisotopic (exact) mass is 494 g/mol. The number of ether oxygens (including phenoxy) is 1. The summed E-state index contributed by atoms with van der Waals surface area (Å²) >= 11 is 5.97. The molecule has 11 heteroatoms. The van der Waals surface area contributed by atoms with Crippen LogP contribution in [0.3, 0.4) is 0 Å². The van der Waals surface area contributed by atoms with Gasteiger partial charge in [0.05, 0.1) is 23.3 Å². The molecule has 1 unspecified atom stereocenters. The third-order valence-electron chi connectivity index (χ3n) is 5.33. The Bertz CT molecular complexity index is 1530. The molecule has 178 valence electrons. The highest BCUT2D eigenvalue weighted by atomic mass is 35.5. The van der Waals surface area contributed by atoms with Crippen molar-refractivity contribution in [1.29, 1.82) is 0 Å². The van der Waals surface area contributed by atoms with Gasteiger partial charge in [-0.3, -0.25) is 10.1 Å². The number of imidazole rings is 2. The Morgan fingerprint density at radius 1 is 1.20 bits per heavy atom. The summed E-state index contributed by atoms with van der Waals surface area (Å²) in [5.74, 6) is -0.357. The van der Waals surface area contributed by atoms with Crippen molar-refractivity contribution in [3.8, 4) is 17.0 Å². The highest BCUT2D eigenvalue weighted by Gasteiger charge is 2.15. The van der Waals surface area contributed by atoms with Crippen molar-refractivity contribution < 1.29 is 19.0 Å². The Morgan fingerprint density at radius 2 is 2.06 bits per heavy atom. The lowest BCUT2D eigenvalue weighted by molar-refractivity contribution is 0.101. The number of carbonyl (C=O) groups excluding carboxylic acids is 1. The van der Waals surface area contributed by atoms with Crippen LogP contribution in [0.25, 0.3) is 27.8 Å². The maximum atomic E-state index is 13.7. The normalized spacial score (nSPS) is 12.2. The van der Waals surface area contributed by atoms with Crippen LogP contribution in [0.5, 0.6) is 5.88 Å². The Labute approximate surface area is 203 Å². The van der Waals surface area contributed by atoms with Crippen LogP contribution in [0, 0.1) is 5.82 Å². The number of aliphatic hydroxyl groups is 1. The van der Waals surface area contributed by atoms with E-state index in [2.05, 4.69) is 25.4 Å². The molecule has 35 heavy (non-hydrogen) atoms. The molecule has 0 radical (unpaired) electrons. The van der Waals surface area contributed by atoms with Crippen LogP contribution in [-0.4, -0.2) is 48.3 Å². The lowest BCUT2D eigenvalue weighted by Gasteiger charge is -2.08. The molecule has 9 nitrogen and oxygen atoms in total. The quantitative estimate of drug-likeness (QED) is 0.307. The largest absolute Gasteiger partial charge is 0.474 e. The number of nitrogens with zero attached hydrogens (tertiary/aromatic N) is 4. The van der Waals surface area contributed by atoms with Crippen LogP contribution < -0.4 is 10.1 Å². The topological polar surface area (TPSA) is 117 Å². The summed E-state index contributed by atoms with van der Waals surface area (Å²) in [4.78, 5) is 24.5. The van der Waals surface area contributed by atoms with E-state index in [1.54, 1.807) is 36.4 Å². The molecule has 0 saturated carbocycles. The number of halogens is 2. The number of carbonyl (C=O) groups is 1. The second kappa shape index (κ2) is 9.32. The van der Waals surface area contributed by atoms with Gasteiger partial charge in [0.2, 0.25) is 11.8 Å². The zero-order valence-corrected chi connectivity index (χ0v) is 19.3. The van der Waals surface area contributed by atoms with Crippen LogP contribution in [0.4, 0.5) is 10.3 Å². The van der Waals surface area contributed by atoms with Gasteiger partial charge in [0.1, 0.15) is 18.1 Å². The smallest absolute Gasteiger partial charge is 0.278 e. The first-order valence-corrected chi connectivity index (χ1v) is 11.2. The molecule has 3 N–H and O–H groups in total. The number of aromatic nitrogens is 5. The van der Waals surface area contributed by atoms with Crippen LogP contribution in [0.15, 0.2) is 54.7 Å². The van der Waals surface area contributed by atoms with Gasteiger partial charge in [-0.05, 0) is 53.9 Å². The average molecular weight is 495 g/mol. The molecule has 1 amide bonds. The number of aliphatic hydroxyl groups excluding tert-OH is 1. The fourth-order valence-corrected chi connectivity index (χ4v) is 3.71. The van der Waals surface area contributed by atoms with Crippen LogP contribution >= 0.6 is 11.6 Å². The molecule has 2 aromatic carbocycles. The number of H-pyrrole nitrogens is 1. The molecule has 0 fully saturated rings. The molecule has 0 spiro atoms. The average Bonchev–Trinajstić information content (AvgIpc) is 3.44. The molecule has 0 aliphatic heterocycles. The van der Waals surface area contributed by atoms with Crippen molar-refractivity contribution in [3.05, 3.63) is 71.3 Å². The molecule has 1 atom stereocenters. The first-order valence-electron chi connectivity index (χ1n) is 10.8. The Hall–Kier alpha value is -4.02. The van der Waals surface area contributed by atoms with E-state index in [9.17, 15) is 14.3 Å². The summed E-state index contributed by atoms with van der Waals surface area (Å²) in [6, 6.07) is 13.0. The summed E-state index contributed by atoms with van der Waals surface area (Å²) in [6.07, 6.45) is 1.46. The van der Waals surface area contributed by atoms with Gasteiger partial charge in [0.25, 0.3) is 5.91 Å². The van der Waals surface area contributed by atoms with Gasteiger partial charge in [-0.1, -0.05) is 24.6 Å². The van der Waals surface area contributed by atoms with E-state index in [0.717, 1.165) is 5.56 Å². The van der Waals surface area contributed by atoms with Crippen molar-refractivity contribution in [2.45, 2.75) is 19.4 Å². The molecule has 3 heterocycles. The van der Waals surface area contributed by atoms with Gasteiger partial charge >= 0.3 is 0 Å². The second-order valence-electron chi connectivity index (χ2n) is 7.90. The molecule has 5 aromatic rings. The van der Waals surface area contributed by atoms with Crippen LogP contribution in [-0.2, 0) is 0 Å². The fraction of sp³-hybridized carbons (Fsp3) is 0.167. The number of anilines is 1. The maximum absolute atomic E-state index is 13.7. The minimum absolute atomic E-state index is 0.122. The van der Waals surface area contributed by atoms with Gasteiger partial charge < -0.3 is 14.8 Å². The fourth-order valence-electron chi connectivity index (χ4n) is 3.49. The minimum Gasteiger partial charge on any atom is -0.474 e. The van der Waals surface area contributed by atoms with E-state index >= 15 is 0 Å². The lowest BCUT2D eigenvalue weighted by Crippen LogP contribution is -2.16. The molecule has 0 aliphatic rings. The van der Waals surface area contributed by atoms with Gasteiger partial charge in [0, 0.05) is 11.1 Å². The number of hydrogen-bond acceptors (Lipinski definition) is 6. The highest BCUT2D eigenvalue weighted by molar-refractivity contribution is 6.30. The Balaban J connectivity index is 1.34. The highest BCUT2D eigenvalue weighted by Crippen LogP contribution is 2.27. The number of amides is 1. The molecule has 0 saturated heterocycles. The van der Waals surface area contributed by atoms with Gasteiger partial charge in [0.15, 0.2) is 5.65 Å². The molecular formula is C24H20ClFN6O3. The first kappa shape index (κ1) is 22.8. The summed E-state index contributed by atoms with van der Waals surface area (Å²) in [7, 11) is 0. The molecular weight excluding hydrogens is 475 g/mol. The summed E-state index contributed by atoms with van der Waals surface area (Å²) in [6.45, 7) is 1.98. The first-order chi connectivity index (χ1) is 16.9. The number of fused-ring (bicyclic) bond motifs is 2. The van der Waals surface area contributed by atoms with E-state index in [1.165, 1.54) is 22.8 Å². The van der Waals surface area contributed by atoms with Crippen molar-refractivity contribution in [3.63, 3.8) is 0 Å².